The first kappa shape index (κ1) is 36.6. The van der Waals surface area contributed by atoms with Crippen molar-refractivity contribution in [2.24, 2.45) is 0 Å². The molecule has 0 N–H and O–H groups in total. The average Bonchev–Trinajstić information content (AvgIpc) is 4.07. The molecule has 13 rings (SSSR count). The fraction of sp³-hybridized carbons (Fsp3) is 0.0169. The Labute approximate surface area is 371 Å². The van der Waals surface area contributed by atoms with Gasteiger partial charge in [0.25, 0.3) is 0 Å². The summed E-state index contributed by atoms with van der Waals surface area (Å²) < 4.78 is 34.4. The molecule has 0 unspecified atom stereocenters. The van der Waals surface area contributed by atoms with Crippen LogP contribution < -0.4 is 4.90 Å². The van der Waals surface area contributed by atoms with E-state index in [-0.39, 0.29) is 0 Å². The topological polar surface area (TPSA) is 50.5 Å². The molecule has 5 heteroatoms. The van der Waals surface area contributed by atoms with Gasteiger partial charge in [-0.1, -0.05) is 170 Å². The van der Waals surface area contributed by atoms with Gasteiger partial charge in [0.2, 0.25) is 9.84 Å². The normalized spacial score (nSPS) is 14.8. The first-order chi connectivity index (χ1) is 31.5. The molecule has 2 aliphatic carbocycles. The number of para-hydroxylation sites is 2. The molecule has 10 aromatic rings. The minimum Gasteiger partial charge on any atom is -0.455 e. The fourth-order valence-electron chi connectivity index (χ4n) is 10.8. The third-order valence-electron chi connectivity index (χ3n) is 13.5. The van der Waals surface area contributed by atoms with E-state index in [2.05, 4.69) is 144 Å². The first-order valence-corrected chi connectivity index (χ1v) is 23.1. The lowest BCUT2D eigenvalue weighted by Crippen LogP contribution is -2.26. The van der Waals surface area contributed by atoms with Crippen LogP contribution in [0.4, 0.5) is 17.1 Å². The van der Waals surface area contributed by atoms with Crippen molar-refractivity contribution in [1.82, 2.24) is 0 Å². The highest BCUT2D eigenvalue weighted by molar-refractivity contribution is 8.09. The largest absolute Gasteiger partial charge is 0.455 e. The van der Waals surface area contributed by atoms with Crippen molar-refractivity contribution in [3.63, 3.8) is 0 Å². The van der Waals surface area contributed by atoms with E-state index in [0.717, 1.165) is 50.1 Å². The van der Waals surface area contributed by atoms with Gasteiger partial charge >= 0.3 is 0 Å². The molecule has 1 spiro atoms. The number of anilines is 3. The standard InChI is InChI=1S/C59H37NO3S/c61-64(62)56(39-13-2-1-3-14-39)35-36-57(64)40-27-31-42(32-28-40)60(41-29-25-38(26-30-41)44-19-12-20-50-49-18-7-11-24-55(49)63-58(44)50)43-33-34-48-47-17-6-10-23-53(47)59(54(48)37-43)51-21-8-4-15-45(51)46-16-5-9-22-52(46)59/h1-37H. The number of nitrogens with zero attached hydrogens (tertiary/aromatic N) is 1. The third-order valence-corrected chi connectivity index (χ3v) is 15.4. The third kappa shape index (κ3) is 5.13. The van der Waals surface area contributed by atoms with E-state index in [1.165, 1.54) is 44.5 Å². The average molecular weight is 840 g/mol. The predicted octanol–water partition coefficient (Wildman–Crippen LogP) is 14.9. The van der Waals surface area contributed by atoms with Gasteiger partial charge in [-0.3, -0.25) is 0 Å². The second-order valence-corrected chi connectivity index (χ2v) is 18.6. The molecule has 2 heterocycles. The van der Waals surface area contributed by atoms with E-state index < -0.39 is 15.3 Å². The van der Waals surface area contributed by atoms with E-state index in [9.17, 15) is 8.42 Å². The number of allylic oxidation sites excluding steroid dienone is 2. The van der Waals surface area contributed by atoms with E-state index in [0.29, 0.717) is 20.9 Å². The summed E-state index contributed by atoms with van der Waals surface area (Å²) >= 11 is 0. The van der Waals surface area contributed by atoms with Crippen molar-refractivity contribution in [1.29, 1.82) is 0 Å². The molecule has 64 heavy (non-hydrogen) atoms. The highest BCUT2D eigenvalue weighted by Crippen LogP contribution is 2.63. The van der Waals surface area contributed by atoms with Crippen LogP contribution in [0, 0.1) is 0 Å². The summed E-state index contributed by atoms with van der Waals surface area (Å²) in [5, 5.41) is 2.19. The summed E-state index contributed by atoms with van der Waals surface area (Å²) in [5.74, 6) is 0. The maximum Gasteiger partial charge on any atom is 0.207 e. The fourth-order valence-corrected chi connectivity index (χ4v) is 12.4. The van der Waals surface area contributed by atoms with E-state index in [1.807, 2.05) is 72.8 Å². The van der Waals surface area contributed by atoms with Crippen LogP contribution in [-0.4, -0.2) is 8.42 Å². The molecule has 0 saturated carbocycles. The lowest BCUT2D eigenvalue weighted by molar-refractivity contribution is 0.615. The Morgan fingerprint density at radius 2 is 0.844 bits per heavy atom. The molecule has 0 atom stereocenters. The summed E-state index contributed by atoms with van der Waals surface area (Å²) in [5.41, 5.74) is 17.6. The second kappa shape index (κ2) is 13.8. The van der Waals surface area contributed by atoms with E-state index in [4.69, 9.17) is 4.42 Å². The van der Waals surface area contributed by atoms with Crippen molar-refractivity contribution >= 4 is 58.6 Å². The Morgan fingerprint density at radius 1 is 0.375 bits per heavy atom. The van der Waals surface area contributed by atoms with Gasteiger partial charge in [0, 0.05) is 33.4 Å². The molecule has 4 nitrogen and oxygen atoms in total. The molecule has 0 radical (unpaired) electrons. The van der Waals surface area contributed by atoms with E-state index in [1.54, 1.807) is 12.2 Å². The van der Waals surface area contributed by atoms with Gasteiger partial charge in [-0.25, -0.2) is 8.42 Å². The molecule has 0 amide bonds. The maximum atomic E-state index is 14.0. The van der Waals surface area contributed by atoms with Crippen LogP contribution in [-0.2, 0) is 15.3 Å². The monoisotopic (exact) mass is 839 g/mol. The van der Waals surface area contributed by atoms with Gasteiger partial charge in [0.15, 0.2) is 0 Å². The Hall–Kier alpha value is -7.99. The number of fused-ring (bicyclic) bond motifs is 13. The SMILES string of the molecule is O=S1(=O)C(c2ccccc2)=CC=C1c1ccc(N(c2ccc(-c3cccc4c3oc3ccccc34)cc2)c2ccc3c(c2)C2(c4ccccc4-c4ccccc42)c2ccccc2-3)cc1. The van der Waals surface area contributed by atoms with Crippen LogP contribution in [0.3, 0.4) is 0 Å². The highest BCUT2D eigenvalue weighted by atomic mass is 32.2. The smallest absolute Gasteiger partial charge is 0.207 e. The molecule has 1 aromatic heterocycles. The van der Waals surface area contributed by atoms with Crippen LogP contribution in [0.2, 0.25) is 0 Å². The quantitative estimate of drug-likeness (QED) is 0.167. The number of rotatable bonds is 6. The molecule has 302 valence electrons. The van der Waals surface area contributed by atoms with Crippen molar-refractivity contribution in [3.8, 4) is 33.4 Å². The van der Waals surface area contributed by atoms with Gasteiger partial charge in [-0.2, -0.15) is 0 Å². The van der Waals surface area contributed by atoms with Gasteiger partial charge in [0.05, 0.1) is 15.2 Å². The lowest BCUT2D eigenvalue weighted by atomic mass is 9.70. The van der Waals surface area contributed by atoms with Crippen LogP contribution in [0.5, 0.6) is 0 Å². The molecular formula is C59H37NO3S. The molecule has 0 bridgehead atoms. The highest BCUT2D eigenvalue weighted by Gasteiger charge is 2.51. The summed E-state index contributed by atoms with van der Waals surface area (Å²) in [6, 6.07) is 73.9. The van der Waals surface area contributed by atoms with E-state index >= 15 is 0 Å². The van der Waals surface area contributed by atoms with Crippen molar-refractivity contribution in [2.75, 3.05) is 4.90 Å². The zero-order valence-corrected chi connectivity index (χ0v) is 35.3. The minimum absolute atomic E-state index is 0.296. The zero-order chi connectivity index (χ0) is 42.6. The first-order valence-electron chi connectivity index (χ1n) is 21.6. The maximum absolute atomic E-state index is 14.0. The van der Waals surface area contributed by atoms with Crippen LogP contribution in [0.25, 0.3) is 65.1 Å². The lowest BCUT2D eigenvalue weighted by Gasteiger charge is -2.32. The van der Waals surface area contributed by atoms with Gasteiger partial charge in [-0.15, -0.1) is 0 Å². The Balaban J connectivity index is 0.970. The summed E-state index contributed by atoms with van der Waals surface area (Å²) in [6.45, 7) is 0. The number of hydrogen-bond acceptors (Lipinski definition) is 4. The summed E-state index contributed by atoms with van der Waals surface area (Å²) in [7, 11) is -3.72. The number of benzene rings is 9. The van der Waals surface area contributed by atoms with Crippen molar-refractivity contribution < 1.29 is 12.8 Å². The molecule has 3 aliphatic rings. The van der Waals surface area contributed by atoms with Crippen molar-refractivity contribution in [3.05, 3.63) is 258 Å². The summed E-state index contributed by atoms with van der Waals surface area (Å²) in [6.07, 6.45) is 3.44. The summed E-state index contributed by atoms with van der Waals surface area (Å²) in [4.78, 5) is 2.89. The Bertz CT molecular complexity index is 3670. The second-order valence-electron chi connectivity index (χ2n) is 16.8. The minimum atomic E-state index is -3.72. The van der Waals surface area contributed by atoms with Crippen molar-refractivity contribution in [2.45, 2.75) is 5.41 Å². The number of hydrogen-bond donors (Lipinski definition) is 0. The van der Waals surface area contributed by atoms with Gasteiger partial charge < -0.3 is 9.32 Å². The Morgan fingerprint density at radius 3 is 1.47 bits per heavy atom. The number of sulfone groups is 1. The molecule has 1 aliphatic heterocycles. The zero-order valence-electron chi connectivity index (χ0n) is 34.4. The molecule has 0 saturated heterocycles. The van der Waals surface area contributed by atoms with Crippen LogP contribution in [0.1, 0.15) is 33.4 Å². The van der Waals surface area contributed by atoms with Crippen LogP contribution >= 0.6 is 0 Å². The van der Waals surface area contributed by atoms with Crippen LogP contribution in [0.15, 0.2) is 229 Å². The predicted molar refractivity (Wildman–Crippen MR) is 261 cm³/mol. The molecular weight excluding hydrogens is 803 g/mol. The van der Waals surface area contributed by atoms with Gasteiger partial charge in [-0.05, 0) is 116 Å². The number of furan rings is 1. The molecule has 9 aromatic carbocycles. The Kier molecular flexibility index (Phi) is 7.88. The molecule has 0 fully saturated rings. The van der Waals surface area contributed by atoms with Gasteiger partial charge in [0.1, 0.15) is 11.2 Å².